The predicted molar refractivity (Wildman–Crippen MR) is 62.3 cm³/mol. The largest absolute Gasteiger partial charge is 0.340 e. The van der Waals surface area contributed by atoms with E-state index in [1.165, 1.54) is 0 Å². The highest BCUT2D eigenvalue weighted by Crippen LogP contribution is 2.16. The SMILES string of the molecule is CN(C(=O)C1CCNCC1)C1CNC1.Cl. The summed E-state index contributed by atoms with van der Waals surface area (Å²) in [6, 6.07) is 0.442. The number of carbonyl (C=O) groups excluding carboxylic acids is 1. The van der Waals surface area contributed by atoms with Crippen LogP contribution < -0.4 is 10.6 Å². The van der Waals surface area contributed by atoms with Crippen molar-refractivity contribution in [2.45, 2.75) is 18.9 Å². The Morgan fingerprint density at radius 1 is 1.20 bits per heavy atom. The molecule has 1 amide bonds. The van der Waals surface area contributed by atoms with Crippen LogP contribution in [0.4, 0.5) is 0 Å². The van der Waals surface area contributed by atoms with Crippen molar-refractivity contribution in [3.05, 3.63) is 0 Å². The van der Waals surface area contributed by atoms with Gasteiger partial charge in [0.15, 0.2) is 0 Å². The molecular weight excluding hydrogens is 214 g/mol. The summed E-state index contributed by atoms with van der Waals surface area (Å²) in [6.07, 6.45) is 2.01. The molecule has 0 bridgehead atoms. The number of likely N-dealkylation sites (N-methyl/N-ethyl adjacent to an activating group) is 1. The maximum absolute atomic E-state index is 12.0. The van der Waals surface area contributed by atoms with Crippen LogP contribution in [-0.4, -0.2) is 50.1 Å². The zero-order valence-corrected chi connectivity index (χ0v) is 9.98. The van der Waals surface area contributed by atoms with Crippen LogP contribution >= 0.6 is 12.4 Å². The maximum Gasteiger partial charge on any atom is 0.225 e. The van der Waals surface area contributed by atoms with Crippen LogP contribution in [0.2, 0.25) is 0 Å². The minimum Gasteiger partial charge on any atom is -0.340 e. The van der Waals surface area contributed by atoms with E-state index in [2.05, 4.69) is 10.6 Å². The zero-order valence-electron chi connectivity index (χ0n) is 9.16. The second-order valence-electron chi connectivity index (χ2n) is 4.29. The lowest BCUT2D eigenvalue weighted by Crippen LogP contribution is -2.58. The van der Waals surface area contributed by atoms with Gasteiger partial charge >= 0.3 is 0 Å². The number of nitrogens with zero attached hydrogens (tertiary/aromatic N) is 1. The van der Waals surface area contributed by atoms with E-state index in [0.717, 1.165) is 39.0 Å². The molecule has 0 aromatic carbocycles. The quantitative estimate of drug-likeness (QED) is 0.697. The molecule has 0 aromatic heterocycles. The number of halogens is 1. The van der Waals surface area contributed by atoms with Gasteiger partial charge in [-0.3, -0.25) is 4.79 Å². The normalized spacial score (nSPS) is 22.7. The van der Waals surface area contributed by atoms with Crippen LogP contribution in [0.15, 0.2) is 0 Å². The Morgan fingerprint density at radius 3 is 2.27 bits per heavy atom. The second-order valence-corrected chi connectivity index (χ2v) is 4.29. The van der Waals surface area contributed by atoms with Gasteiger partial charge in [-0.05, 0) is 25.9 Å². The lowest BCUT2D eigenvalue weighted by Gasteiger charge is -2.38. The molecule has 5 heteroatoms. The third-order valence-electron chi connectivity index (χ3n) is 3.34. The van der Waals surface area contributed by atoms with Crippen molar-refractivity contribution in [2.75, 3.05) is 33.2 Å². The predicted octanol–water partition coefficient (Wildman–Crippen LogP) is -0.162. The molecular formula is C10H20ClN3O. The fourth-order valence-electron chi connectivity index (χ4n) is 2.08. The number of nitrogens with one attached hydrogen (secondary N) is 2. The first-order chi connectivity index (χ1) is 6.79. The van der Waals surface area contributed by atoms with Crippen LogP contribution in [0.5, 0.6) is 0 Å². The van der Waals surface area contributed by atoms with Crippen molar-refractivity contribution in [1.29, 1.82) is 0 Å². The minimum absolute atomic E-state index is 0. The number of piperidine rings is 1. The third kappa shape index (κ3) is 2.83. The van der Waals surface area contributed by atoms with E-state index in [9.17, 15) is 4.79 Å². The van der Waals surface area contributed by atoms with Gasteiger partial charge in [0, 0.05) is 26.1 Å². The van der Waals surface area contributed by atoms with Gasteiger partial charge in [-0.15, -0.1) is 12.4 Å². The van der Waals surface area contributed by atoms with Gasteiger partial charge in [0.2, 0.25) is 5.91 Å². The fourth-order valence-corrected chi connectivity index (χ4v) is 2.08. The highest BCUT2D eigenvalue weighted by molar-refractivity contribution is 5.85. The average Bonchev–Trinajstić information content (AvgIpc) is 2.15. The Morgan fingerprint density at radius 2 is 1.80 bits per heavy atom. The molecule has 0 spiro atoms. The lowest BCUT2D eigenvalue weighted by atomic mass is 9.95. The summed E-state index contributed by atoms with van der Waals surface area (Å²) in [4.78, 5) is 13.9. The van der Waals surface area contributed by atoms with Gasteiger partial charge in [0.1, 0.15) is 0 Å². The Bertz CT molecular complexity index is 211. The van der Waals surface area contributed by atoms with E-state index < -0.39 is 0 Å². The molecule has 0 atom stereocenters. The number of amides is 1. The molecule has 88 valence electrons. The van der Waals surface area contributed by atoms with Gasteiger partial charge in [0.05, 0.1) is 6.04 Å². The number of carbonyl (C=O) groups is 1. The van der Waals surface area contributed by atoms with Crippen LogP contribution in [0.25, 0.3) is 0 Å². The molecule has 2 heterocycles. The Hall–Kier alpha value is -0.320. The molecule has 0 saturated carbocycles. The summed E-state index contributed by atoms with van der Waals surface area (Å²) in [6.45, 7) is 3.92. The Labute approximate surface area is 97.2 Å². The third-order valence-corrected chi connectivity index (χ3v) is 3.34. The van der Waals surface area contributed by atoms with Crippen molar-refractivity contribution in [1.82, 2.24) is 15.5 Å². The minimum atomic E-state index is 0. The zero-order chi connectivity index (χ0) is 9.97. The van der Waals surface area contributed by atoms with Crippen molar-refractivity contribution >= 4 is 18.3 Å². The topological polar surface area (TPSA) is 44.4 Å². The van der Waals surface area contributed by atoms with E-state index in [1.807, 2.05) is 11.9 Å². The van der Waals surface area contributed by atoms with E-state index in [-0.39, 0.29) is 18.3 Å². The number of rotatable bonds is 2. The van der Waals surface area contributed by atoms with Crippen molar-refractivity contribution in [3.63, 3.8) is 0 Å². The molecule has 0 radical (unpaired) electrons. The first kappa shape index (κ1) is 12.7. The van der Waals surface area contributed by atoms with E-state index >= 15 is 0 Å². The van der Waals surface area contributed by atoms with Gasteiger partial charge in [-0.1, -0.05) is 0 Å². The summed E-state index contributed by atoms with van der Waals surface area (Å²) in [5, 5.41) is 6.48. The van der Waals surface area contributed by atoms with Crippen LogP contribution in [0, 0.1) is 5.92 Å². The van der Waals surface area contributed by atoms with E-state index in [4.69, 9.17) is 0 Å². The van der Waals surface area contributed by atoms with E-state index in [0.29, 0.717) is 11.9 Å². The van der Waals surface area contributed by atoms with Crippen LogP contribution in [-0.2, 0) is 4.79 Å². The van der Waals surface area contributed by atoms with Gasteiger partial charge in [-0.25, -0.2) is 0 Å². The highest BCUT2D eigenvalue weighted by atomic mass is 35.5. The molecule has 4 nitrogen and oxygen atoms in total. The monoisotopic (exact) mass is 233 g/mol. The fraction of sp³-hybridized carbons (Fsp3) is 0.900. The van der Waals surface area contributed by atoms with Crippen molar-refractivity contribution in [2.24, 2.45) is 5.92 Å². The molecule has 2 aliphatic rings. The molecule has 0 aliphatic carbocycles. The van der Waals surface area contributed by atoms with Crippen molar-refractivity contribution in [3.8, 4) is 0 Å². The molecule has 15 heavy (non-hydrogen) atoms. The lowest BCUT2D eigenvalue weighted by molar-refractivity contribution is -0.138. The van der Waals surface area contributed by atoms with Crippen LogP contribution in [0.1, 0.15) is 12.8 Å². The average molecular weight is 234 g/mol. The molecule has 2 saturated heterocycles. The molecule has 0 unspecified atom stereocenters. The number of hydrogen-bond donors (Lipinski definition) is 2. The molecule has 2 aliphatic heterocycles. The summed E-state index contributed by atoms with van der Waals surface area (Å²) in [7, 11) is 1.94. The summed E-state index contributed by atoms with van der Waals surface area (Å²) < 4.78 is 0. The molecule has 2 rings (SSSR count). The molecule has 2 fully saturated rings. The first-order valence-corrected chi connectivity index (χ1v) is 5.47. The van der Waals surface area contributed by atoms with Gasteiger partial charge in [-0.2, -0.15) is 0 Å². The van der Waals surface area contributed by atoms with Gasteiger partial charge in [0.25, 0.3) is 0 Å². The van der Waals surface area contributed by atoms with Crippen LogP contribution in [0.3, 0.4) is 0 Å². The van der Waals surface area contributed by atoms with E-state index in [1.54, 1.807) is 0 Å². The standard InChI is InChI=1S/C10H19N3O.ClH/c1-13(9-6-12-7-9)10(14)8-2-4-11-5-3-8;/h8-9,11-12H,2-7H2,1H3;1H. The Balaban J connectivity index is 0.00000112. The maximum atomic E-state index is 12.0. The molecule has 2 N–H and O–H groups in total. The summed E-state index contributed by atoms with van der Waals surface area (Å²) >= 11 is 0. The summed E-state index contributed by atoms with van der Waals surface area (Å²) in [5.41, 5.74) is 0. The second kappa shape index (κ2) is 5.68. The number of hydrogen-bond acceptors (Lipinski definition) is 3. The highest BCUT2D eigenvalue weighted by Gasteiger charge is 2.30. The first-order valence-electron chi connectivity index (χ1n) is 5.47. The Kier molecular flexibility index (Phi) is 4.83. The summed E-state index contributed by atoms with van der Waals surface area (Å²) in [5.74, 6) is 0.611. The van der Waals surface area contributed by atoms with Crippen molar-refractivity contribution < 1.29 is 4.79 Å². The smallest absolute Gasteiger partial charge is 0.225 e. The molecule has 0 aromatic rings. The van der Waals surface area contributed by atoms with Gasteiger partial charge < -0.3 is 15.5 Å².